The molecule has 6 nitrogen and oxygen atoms in total. The Hall–Kier alpha value is -2.37. The molecule has 0 aliphatic heterocycles. The van der Waals surface area contributed by atoms with Crippen LogP contribution in [0.3, 0.4) is 0 Å². The van der Waals surface area contributed by atoms with Crippen LogP contribution in [0.15, 0.2) is 24.3 Å². The zero-order valence-electron chi connectivity index (χ0n) is 20.9. The zero-order chi connectivity index (χ0) is 24.7. The molecule has 0 unspecified atom stereocenters. The molecule has 0 aliphatic rings. The summed E-state index contributed by atoms with van der Waals surface area (Å²) in [5, 5.41) is 8.70. The summed E-state index contributed by atoms with van der Waals surface area (Å²) < 4.78 is 10.7. The van der Waals surface area contributed by atoms with Gasteiger partial charge in [-0.25, -0.2) is 4.79 Å². The summed E-state index contributed by atoms with van der Waals surface area (Å²) in [6, 6.07) is 7.05. The molecule has 0 bridgehead atoms. The number of rotatable bonds is 12. The number of carboxylic acids is 1. The number of aromatic carboxylic acids is 1. The molecule has 0 atom stereocenters. The Balaban J connectivity index is 0.000000726. The van der Waals surface area contributed by atoms with Gasteiger partial charge in [0.2, 0.25) is 0 Å². The highest BCUT2D eigenvalue weighted by Crippen LogP contribution is 2.33. The van der Waals surface area contributed by atoms with Gasteiger partial charge >= 0.3 is 17.9 Å². The predicted octanol–water partition coefficient (Wildman–Crippen LogP) is 5.92. The van der Waals surface area contributed by atoms with Gasteiger partial charge in [-0.3, -0.25) is 9.59 Å². The Labute approximate surface area is 193 Å². The largest absolute Gasteiger partial charge is 0.478 e. The van der Waals surface area contributed by atoms with Crippen molar-refractivity contribution in [2.24, 2.45) is 17.3 Å². The normalized spacial score (nSPS) is 11.0. The maximum atomic E-state index is 12.5. The minimum absolute atomic E-state index is 0.251. The van der Waals surface area contributed by atoms with Crippen LogP contribution in [-0.4, -0.2) is 36.2 Å². The van der Waals surface area contributed by atoms with Crippen LogP contribution in [-0.2, 0) is 25.5 Å². The quantitative estimate of drug-likeness (QED) is 0.314. The van der Waals surface area contributed by atoms with Gasteiger partial charge in [0, 0.05) is 0 Å². The van der Waals surface area contributed by atoms with Crippen LogP contribution in [0, 0.1) is 17.3 Å². The predicted molar refractivity (Wildman–Crippen MR) is 127 cm³/mol. The van der Waals surface area contributed by atoms with Gasteiger partial charge in [-0.1, -0.05) is 79.5 Å². The maximum absolute atomic E-state index is 12.5. The lowest BCUT2D eigenvalue weighted by molar-refractivity contribution is -0.175. The van der Waals surface area contributed by atoms with Crippen LogP contribution < -0.4 is 0 Å². The number of carbonyl (C=O) groups is 3. The van der Waals surface area contributed by atoms with E-state index < -0.39 is 23.3 Å². The molecule has 0 spiro atoms. The van der Waals surface area contributed by atoms with Crippen LogP contribution in [0.2, 0.25) is 0 Å². The van der Waals surface area contributed by atoms with Gasteiger partial charge in [-0.05, 0) is 42.7 Å². The zero-order valence-corrected chi connectivity index (χ0v) is 20.9. The molecule has 1 rings (SSSR count). The first-order chi connectivity index (χ1) is 15.0. The Bertz CT molecular complexity index is 676. The molecule has 0 fully saturated rings. The molecule has 6 heteroatoms. The number of carboxylic acid groups (broad SMARTS) is 1. The molecule has 1 N–H and O–H groups in total. The van der Waals surface area contributed by atoms with Crippen LogP contribution >= 0.6 is 0 Å². The van der Waals surface area contributed by atoms with Crippen molar-refractivity contribution in [2.75, 3.05) is 13.2 Å². The first kappa shape index (κ1) is 29.6. The van der Waals surface area contributed by atoms with Crippen LogP contribution in [0.25, 0.3) is 0 Å². The number of carbonyl (C=O) groups excluding carboxylic acids is 2. The van der Waals surface area contributed by atoms with Crippen molar-refractivity contribution >= 4 is 17.9 Å². The van der Waals surface area contributed by atoms with Gasteiger partial charge in [-0.2, -0.15) is 0 Å². The number of aryl methyl sites for hydroxylation is 1. The highest BCUT2D eigenvalue weighted by Gasteiger charge is 2.47. The average Bonchev–Trinajstić information content (AvgIpc) is 2.75. The van der Waals surface area contributed by atoms with Crippen LogP contribution in [0.1, 0.15) is 90.1 Å². The summed E-state index contributed by atoms with van der Waals surface area (Å²) >= 11 is 0. The average molecular weight is 451 g/mol. The third-order valence-corrected chi connectivity index (χ3v) is 4.86. The van der Waals surface area contributed by atoms with Crippen molar-refractivity contribution in [3.63, 3.8) is 0 Å². The molecular formula is C26H42O6. The fourth-order valence-corrected chi connectivity index (χ4v) is 3.27. The van der Waals surface area contributed by atoms with Gasteiger partial charge < -0.3 is 14.6 Å². The van der Waals surface area contributed by atoms with Gasteiger partial charge in [0.1, 0.15) is 0 Å². The lowest BCUT2D eigenvalue weighted by Gasteiger charge is -2.29. The summed E-state index contributed by atoms with van der Waals surface area (Å²) in [7, 11) is 0. The minimum Gasteiger partial charge on any atom is -0.478 e. The summed E-state index contributed by atoms with van der Waals surface area (Å²) in [4.78, 5) is 35.6. The molecule has 0 aromatic heterocycles. The monoisotopic (exact) mass is 450 g/mol. The van der Waals surface area contributed by atoms with Crippen LogP contribution in [0.5, 0.6) is 0 Å². The van der Waals surface area contributed by atoms with E-state index in [1.165, 1.54) is 0 Å². The number of hydrogen-bond donors (Lipinski definition) is 1. The molecule has 0 amide bonds. The van der Waals surface area contributed by atoms with E-state index in [9.17, 15) is 14.4 Å². The third-order valence-electron chi connectivity index (χ3n) is 4.86. The smallest absolute Gasteiger partial charge is 0.335 e. The van der Waals surface area contributed by atoms with E-state index in [2.05, 4.69) is 0 Å². The summed E-state index contributed by atoms with van der Waals surface area (Å²) in [5.41, 5.74) is 0.169. The summed E-state index contributed by atoms with van der Waals surface area (Å²) in [6.45, 7) is 14.5. The molecule has 0 saturated heterocycles. The van der Waals surface area contributed by atoms with E-state index >= 15 is 0 Å². The molecule has 1 aromatic rings. The van der Waals surface area contributed by atoms with E-state index in [4.69, 9.17) is 14.6 Å². The highest BCUT2D eigenvalue weighted by atomic mass is 16.6. The molecule has 0 aliphatic carbocycles. The van der Waals surface area contributed by atoms with Crippen molar-refractivity contribution in [1.29, 1.82) is 0 Å². The summed E-state index contributed by atoms with van der Waals surface area (Å²) in [6.07, 6.45) is 3.22. The van der Waals surface area contributed by atoms with E-state index in [-0.39, 0.29) is 11.8 Å². The van der Waals surface area contributed by atoms with Gasteiger partial charge in [0.05, 0.1) is 18.8 Å². The molecule has 32 heavy (non-hydrogen) atoms. The third kappa shape index (κ3) is 9.84. The van der Waals surface area contributed by atoms with E-state index in [0.29, 0.717) is 31.6 Å². The Morgan fingerprint density at radius 3 is 1.59 bits per heavy atom. The van der Waals surface area contributed by atoms with E-state index in [1.54, 1.807) is 12.1 Å². The Morgan fingerprint density at radius 1 is 0.844 bits per heavy atom. The molecule has 0 radical (unpaired) electrons. The van der Waals surface area contributed by atoms with Crippen molar-refractivity contribution in [3.8, 4) is 0 Å². The lowest BCUT2D eigenvalue weighted by Crippen LogP contribution is -2.42. The second kappa shape index (κ2) is 15.4. The Morgan fingerprint density at radius 2 is 1.28 bits per heavy atom. The first-order valence-electron chi connectivity index (χ1n) is 11.7. The molecule has 1 aromatic carbocycles. The number of ether oxygens (including phenoxy) is 2. The van der Waals surface area contributed by atoms with Crippen molar-refractivity contribution in [1.82, 2.24) is 0 Å². The van der Waals surface area contributed by atoms with E-state index in [1.807, 2.05) is 60.6 Å². The second-order valence-electron chi connectivity index (χ2n) is 8.88. The van der Waals surface area contributed by atoms with Gasteiger partial charge in [0.25, 0.3) is 0 Å². The van der Waals surface area contributed by atoms with Gasteiger partial charge in [0.15, 0.2) is 5.41 Å². The van der Waals surface area contributed by atoms with Crippen LogP contribution in [0.4, 0.5) is 0 Å². The van der Waals surface area contributed by atoms with Crippen molar-refractivity contribution in [2.45, 2.75) is 80.6 Å². The Kier molecular flexibility index (Phi) is 14.3. The molecule has 0 saturated carbocycles. The molecule has 182 valence electrons. The van der Waals surface area contributed by atoms with E-state index in [0.717, 1.165) is 24.8 Å². The molecular weight excluding hydrogens is 408 g/mol. The topological polar surface area (TPSA) is 89.9 Å². The number of esters is 2. The van der Waals surface area contributed by atoms with Crippen molar-refractivity contribution in [3.05, 3.63) is 35.4 Å². The fourth-order valence-electron chi connectivity index (χ4n) is 3.27. The lowest BCUT2D eigenvalue weighted by atomic mass is 9.79. The second-order valence-corrected chi connectivity index (χ2v) is 8.88. The standard InChI is InChI=1S/C17H32O4.C9H10O2/c1-7-9-17(10-8-2,15(18)20-11-13(3)4)16(19)21-12-14(5)6;1-2-7-5-3-4-6-8(7)9(10)11/h13-14H,7-12H2,1-6H3;3-6H,2H2,1H3,(H,10,11). The fraction of sp³-hybridized carbons (Fsp3) is 0.654. The molecule has 0 heterocycles. The highest BCUT2D eigenvalue weighted by molar-refractivity contribution is 6.00. The number of hydrogen-bond acceptors (Lipinski definition) is 5. The maximum Gasteiger partial charge on any atom is 0.335 e. The SMILES string of the molecule is CCCC(CCC)(C(=O)OCC(C)C)C(=O)OCC(C)C.CCc1ccccc1C(=O)O. The first-order valence-corrected chi connectivity index (χ1v) is 11.7. The van der Waals surface area contributed by atoms with Gasteiger partial charge in [-0.15, -0.1) is 0 Å². The van der Waals surface area contributed by atoms with Crippen molar-refractivity contribution < 1.29 is 29.0 Å². The summed E-state index contributed by atoms with van der Waals surface area (Å²) in [5.74, 6) is -1.19. The minimum atomic E-state index is -1.13. The number of benzene rings is 1.